The molecule has 2 unspecified atom stereocenters. The maximum absolute atomic E-state index is 9.78. The molecule has 1 rings (SSSR count). The van der Waals surface area contributed by atoms with Gasteiger partial charge < -0.3 is 10.2 Å². The van der Waals surface area contributed by atoms with Crippen LogP contribution in [0, 0.1) is 0 Å². The van der Waals surface area contributed by atoms with E-state index in [4.69, 9.17) is 5.11 Å². The molecular weight excluding hydrogens is 176 g/mol. The maximum atomic E-state index is 9.78. The number of hydrogen-bond acceptors (Lipinski definition) is 2. The Kier molecular flexibility index (Phi) is 3.86. The van der Waals surface area contributed by atoms with Crippen LogP contribution in [0.5, 0.6) is 0 Å². The average molecular weight is 192 g/mol. The van der Waals surface area contributed by atoms with Crippen molar-refractivity contribution in [2.24, 2.45) is 0 Å². The van der Waals surface area contributed by atoms with Crippen molar-refractivity contribution < 1.29 is 10.2 Å². The van der Waals surface area contributed by atoms with Gasteiger partial charge in [-0.1, -0.05) is 43.8 Å². The van der Waals surface area contributed by atoms with Gasteiger partial charge in [-0.25, -0.2) is 0 Å². The van der Waals surface area contributed by atoms with E-state index in [2.05, 4.69) is 6.58 Å². The van der Waals surface area contributed by atoms with Crippen LogP contribution in [0.1, 0.15) is 18.4 Å². The van der Waals surface area contributed by atoms with Gasteiger partial charge in [-0.3, -0.25) is 0 Å². The van der Waals surface area contributed by atoms with Gasteiger partial charge in [0, 0.05) is 5.92 Å². The monoisotopic (exact) mass is 192 g/mol. The van der Waals surface area contributed by atoms with E-state index in [1.54, 1.807) is 0 Å². The number of benzene rings is 1. The van der Waals surface area contributed by atoms with E-state index < -0.39 is 6.10 Å². The average Bonchev–Trinajstić information content (AvgIpc) is 2.27. The SMILES string of the molecule is C=C(CO)C(O)C(C)c1ccccc1. The third kappa shape index (κ3) is 2.44. The summed E-state index contributed by atoms with van der Waals surface area (Å²) in [5.41, 5.74) is 1.51. The second kappa shape index (κ2) is 4.94. The van der Waals surface area contributed by atoms with Crippen molar-refractivity contribution in [2.75, 3.05) is 6.61 Å². The lowest BCUT2D eigenvalue weighted by molar-refractivity contribution is 0.165. The van der Waals surface area contributed by atoms with E-state index in [0.717, 1.165) is 5.56 Å². The summed E-state index contributed by atoms with van der Waals surface area (Å²) in [5.74, 6) is -0.0316. The molecule has 2 N–H and O–H groups in total. The van der Waals surface area contributed by atoms with Crippen molar-refractivity contribution >= 4 is 0 Å². The van der Waals surface area contributed by atoms with Crippen molar-refractivity contribution in [1.82, 2.24) is 0 Å². The highest BCUT2D eigenvalue weighted by atomic mass is 16.3. The Labute approximate surface area is 84.5 Å². The third-order valence-electron chi connectivity index (χ3n) is 2.42. The highest BCUT2D eigenvalue weighted by Crippen LogP contribution is 2.22. The highest BCUT2D eigenvalue weighted by Gasteiger charge is 2.17. The smallest absolute Gasteiger partial charge is 0.0835 e. The van der Waals surface area contributed by atoms with Gasteiger partial charge in [0.1, 0.15) is 0 Å². The Hall–Kier alpha value is -1.12. The van der Waals surface area contributed by atoms with E-state index >= 15 is 0 Å². The van der Waals surface area contributed by atoms with Crippen LogP contribution in [0.2, 0.25) is 0 Å². The summed E-state index contributed by atoms with van der Waals surface area (Å²) >= 11 is 0. The van der Waals surface area contributed by atoms with Gasteiger partial charge in [0.2, 0.25) is 0 Å². The van der Waals surface area contributed by atoms with Gasteiger partial charge in [0.25, 0.3) is 0 Å². The molecule has 0 aliphatic carbocycles. The number of hydrogen-bond donors (Lipinski definition) is 2. The highest BCUT2D eigenvalue weighted by molar-refractivity contribution is 5.23. The minimum absolute atomic E-state index is 0.0316. The molecular formula is C12H16O2. The Morgan fingerprint density at radius 1 is 1.36 bits per heavy atom. The Bertz CT molecular complexity index is 292. The lowest BCUT2D eigenvalue weighted by Crippen LogP contribution is -2.19. The van der Waals surface area contributed by atoms with E-state index in [1.807, 2.05) is 37.3 Å². The van der Waals surface area contributed by atoms with E-state index in [-0.39, 0.29) is 12.5 Å². The Morgan fingerprint density at radius 3 is 2.43 bits per heavy atom. The molecule has 0 saturated carbocycles. The fraction of sp³-hybridized carbons (Fsp3) is 0.333. The summed E-state index contributed by atoms with van der Waals surface area (Å²) in [6, 6.07) is 9.71. The molecule has 0 radical (unpaired) electrons. The van der Waals surface area contributed by atoms with Crippen LogP contribution >= 0.6 is 0 Å². The molecule has 0 heterocycles. The maximum Gasteiger partial charge on any atom is 0.0835 e. The number of aliphatic hydroxyl groups is 2. The van der Waals surface area contributed by atoms with Crippen molar-refractivity contribution in [1.29, 1.82) is 0 Å². The summed E-state index contributed by atoms with van der Waals surface area (Å²) < 4.78 is 0. The first-order valence-electron chi connectivity index (χ1n) is 4.68. The first-order chi connectivity index (χ1) is 6.66. The van der Waals surface area contributed by atoms with Gasteiger partial charge in [-0.15, -0.1) is 0 Å². The largest absolute Gasteiger partial charge is 0.392 e. The second-order valence-electron chi connectivity index (χ2n) is 3.46. The van der Waals surface area contributed by atoms with Crippen LogP contribution in [0.3, 0.4) is 0 Å². The molecule has 0 aromatic heterocycles. The standard InChI is InChI=1S/C12H16O2/c1-9(8-13)12(14)10(2)11-6-4-3-5-7-11/h3-7,10,12-14H,1,8H2,2H3. The molecule has 2 nitrogen and oxygen atoms in total. The van der Waals surface area contributed by atoms with Gasteiger partial charge >= 0.3 is 0 Å². The minimum Gasteiger partial charge on any atom is -0.392 e. The topological polar surface area (TPSA) is 40.5 Å². The van der Waals surface area contributed by atoms with Crippen molar-refractivity contribution in [3.63, 3.8) is 0 Å². The number of aliphatic hydroxyl groups excluding tert-OH is 2. The molecule has 2 heteroatoms. The zero-order chi connectivity index (χ0) is 10.6. The first kappa shape index (κ1) is 11.0. The van der Waals surface area contributed by atoms with Crippen molar-refractivity contribution in [2.45, 2.75) is 18.9 Å². The molecule has 0 saturated heterocycles. The predicted molar refractivity (Wildman–Crippen MR) is 57.1 cm³/mol. The zero-order valence-electron chi connectivity index (χ0n) is 8.35. The van der Waals surface area contributed by atoms with Crippen molar-refractivity contribution in [3.8, 4) is 0 Å². The lowest BCUT2D eigenvalue weighted by Gasteiger charge is -2.20. The molecule has 2 atom stereocenters. The van der Waals surface area contributed by atoms with Crippen LogP contribution in [0.15, 0.2) is 42.5 Å². The van der Waals surface area contributed by atoms with Crippen LogP contribution in [0.4, 0.5) is 0 Å². The lowest BCUT2D eigenvalue weighted by atomic mass is 9.92. The molecule has 0 fully saturated rings. The first-order valence-corrected chi connectivity index (χ1v) is 4.68. The summed E-state index contributed by atoms with van der Waals surface area (Å²) in [4.78, 5) is 0. The fourth-order valence-electron chi connectivity index (χ4n) is 1.39. The normalized spacial score (nSPS) is 14.8. The molecule has 14 heavy (non-hydrogen) atoms. The van der Waals surface area contributed by atoms with Gasteiger partial charge in [0.05, 0.1) is 12.7 Å². The van der Waals surface area contributed by atoms with Crippen LogP contribution < -0.4 is 0 Å². The summed E-state index contributed by atoms with van der Waals surface area (Å²) in [6.45, 7) is 5.37. The molecule has 0 amide bonds. The van der Waals surface area contributed by atoms with Gasteiger partial charge in [0.15, 0.2) is 0 Å². The second-order valence-corrected chi connectivity index (χ2v) is 3.46. The summed E-state index contributed by atoms with van der Waals surface area (Å²) in [5, 5.41) is 18.6. The van der Waals surface area contributed by atoms with Gasteiger partial charge in [-0.2, -0.15) is 0 Å². The fourth-order valence-corrected chi connectivity index (χ4v) is 1.39. The quantitative estimate of drug-likeness (QED) is 0.713. The molecule has 0 bridgehead atoms. The predicted octanol–water partition coefficient (Wildman–Crippen LogP) is 1.70. The Morgan fingerprint density at radius 2 is 1.93 bits per heavy atom. The zero-order valence-corrected chi connectivity index (χ0v) is 8.35. The van der Waals surface area contributed by atoms with Crippen LogP contribution in [0.25, 0.3) is 0 Å². The minimum atomic E-state index is -0.678. The molecule has 0 spiro atoms. The molecule has 1 aromatic carbocycles. The molecule has 76 valence electrons. The molecule has 1 aromatic rings. The summed E-state index contributed by atoms with van der Waals surface area (Å²) in [6.07, 6.45) is -0.678. The van der Waals surface area contributed by atoms with Crippen LogP contribution in [-0.2, 0) is 0 Å². The van der Waals surface area contributed by atoms with E-state index in [9.17, 15) is 5.11 Å². The van der Waals surface area contributed by atoms with E-state index in [0.29, 0.717) is 5.57 Å². The molecule has 0 aliphatic rings. The summed E-state index contributed by atoms with van der Waals surface area (Å²) in [7, 11) is 0. The number of rotatable bonds is 4. The Balaban J connectivity index is 2.75. The molecule has 0 aliphatic heterocycles. The van der Waals surface area contributed by atoms with Crippen molar-refractivity contribution in [3.05, 3.63) is 48.0 Å². The van der Waals surface area contributed by atoms with Gasteiger partial charge in [-0.05, 0) is 11.1 Å². The van der Waals surface area contributed by atoms with Crippen LogP contribution in [-0.4, -0.2) is 22.9 Å². The van der Waals surface area contributed by atoms with E-state index in [1.165, 1.54) is 0 Å². The third-order valence-corrected chi connectivity index (χ3v) is 2.42.